The number of nitrogens with one attached hydrogen (secondary N) is 1. The summed E-state index contributed by atoms with van der Waals surface area (Å²) >= 11 is 0. The molecule has 1 amide bonds. The highest BCUT2D eigenvalue weighted by Gasteiger charge is 2.47. The third kappa shape index (κ3) is 3.04. The zero-order valence-electron chi connectivity index (χ0n) is 16.6. The Bertz CT molecular complexity index is 1020. The number of aromatic nitrogens is 3. The van der Waals surface area contributed by atoms with Crippen LogP contribution in [0.3, 0.4) is 0 Å². The molecule has 0 unspecified atom stereocenters. The molecule has 1 aliphatic carbocycles. The van der Waals surface area contributed by atoms with E-state index in [4.69, 9.17) is 0 Å². The van der Waals surface area contributed by atoms with E-state index in [1.165, 1.54) is 12.0 Å². The quantitative estimate of drug-likeness (QED) is 0.750. The van der Waals surface area contributed by atoms with Gasteiger partial charge in [-0.05, 0) is 49.4 Å². The van der Waals surface area contributed by atoms with Gasteiger partial charge in [0.25, 0.3) is 5.91 Å². The minimum Gasteiger partial charge on any atom is -0.329 e. The predicted molar refractivity (Wildman–Crippen MR) is 112 cm³/mol. The van der Waals surface area contributed by atoms with Gasteiger partial charge in [0, 0.05) is 19.6 Å². The molecule has 5 rings (SSSR count). The number of hydrogen-bond donors (Lipinski definition) is 1. The van der Waals surface area contributed by atoms with Crippen LogP contribution >= 0.6 is 0 Å². The molecule has 1 aromatic heterocycles. The second-order valence-electron chi connectivity index (χ2n) is 8.06. The lowest BCUT2D eigenvalue weighted by atomic mass is 9.74. The fourth-order valence-electron chi connectivity index (χ4n) is 4.52. The molecule has 0 radical (unpaired) electrons. The Hall–Kier alpha value is -2.99. The normalized spacial score (nSPS) is 17.9. The summed E-state index contributed by atoms with van der Waals surface area (Å²) in [5, 5.41) is 12.0. The van der Waals surface area contributed by atoms with Crippen molar-refractivity contribution in [2.75, 3.05) is 19.6 Å². The van der Waals surface area contributed by atoms with Crippen LogP contribution < -0.4 is 5.32 Å². The monoisotopic (exact) mass is 387 g/mol. The van der Waals surface area contributed by atoms with Gasteiger partial charge in [-0.25, -0.2) is 4.68 Å². The van der Waals surface area contributed by atoms with Gasteiger partial charge in [-0.1, -0.05) is 47.7 Å². The molecule has 6 nitrogen and oxygen atoms in total. The Balaban J connectivity index is 1.41. The molecule has 0 atom stereocenters. The number of carbonyl (C=O) groups is 1. The van der Waals surface area contributed by atoms with Crippen LogP contribution in [0.15, 0.2) is 54.6 Å². The standard InChI is InChI=1S/C23H25N5O/c1-17-21(22(29)27-15-14-24-16-23(27)12-5-13-23)25-26-28(17)20-10-8-19(9-11-20)18-6-3-2-4-7-18/h2-4,6-11,24H,5,12-16H2,1H3. The number of hydrogen-bond acceptors (Lipinski definition) is 4. The lowest BCUT2D eigenvalue weighted by Gasteiger charge is -2.53. The highest BCUT2D eigenvalue weighted by atomic mass is 16.2. The molecule has 148 valence electrons. The van der Waals surface area contributed by atoms with Crippen LogP contribution in [-0.2, 0) is 0 Å². The zero-order valence-corrected chi connectivity index (χ0v) is 16.6. The van der Waals surface area contributed by atoms with Crippen molar-refractivity contribution < 1.29 is 4.79 Å². The maximum absolute atomic E-state index is 13.3. The maximum atomic E-state index is 13.3. The van der Waals surface area contributed by atoms with E-state index < -0.39 is 0 Å². The summed E-state index contributed by atoms with van der Waals surface area (Å²) in [6.45, 7) is 4.37. The molecule has 1 N–H and O–H groups in total. The zero-order chi connectivity index (χ0) is 19.8. The lowest BCUT2D eigenvalue weighted by molar-refractivity contribution is 0.00236. The molecule has 2 aromatic carbocycles. The highest BCUT2D eigenvalue weighted by Crippen LogP contribution is 2.39. The number of carbonyl (C=O) groups excluding carboxylic acids is 1. The Labute approximate surface area is 170 Å². The van der Waals surface area contributed by atoms with Gasteiger partial charge in [0.15, 0.2) is 5.69 Å². The van der Waals surface area contributed by atoms with Gasteiger partial charge in [-0.3, -0.25) is 4.79 Å². The van der Waals surface area contributed by atoms with Crippen LogP contribution in [-0.4, -0.2) is 51.0 Å². The van der Waals surface area contributed by atoms with E-state index in [1.54, 1.807) is 4.68 Å². The van der Waals surface area contributed by atoms with Crippen LogP contribution in [0.5, 0.6) is 0 Å². The van der Waals surface area contributed by atoms with E-state index in [0.717, 1.165) is 49.4 Å². The summed E-state index contributed by atoms with van der Waals surface area (Å²) in [6, 6.07) is 18.5. The minimum atomic E-state index is -0.0249. The molecule has 1 spiro atoms. The largest absolute Gasteiger partial charge is 0.329 e. The van der Waals surface area contributed by atoms with Crippen molar-refractivity contribution in [3.8, 4) is 16.8 Å². The van der Waals surface area contributed by atoms with Gasteiger partial charge >= 0.3 is 0 Å². The Morgan fingerprint density at radius 2 is 1.76 bits per heavy atom. The van der Waals surface area contributed by atoms with Gasteiger partial charge in [-0.2, -0.15) is 0 Å². The molecule has 1 saturated heterocycles. The second kappa shape index (κ2) is 7.12. The van der Waals surface area contributed by atoms with E-state index in [1.807, 2.05) is 42.2 Å². The molecule has 0 bridgehead atoms. The third-order valence-electron chi connectivity index (χ3n) is 6.38. The molecular formula is C23H25N5O. The summed E-state index contributed by atoms with van der Waals surface area (Å²) in [6.07, 6.45) is 3.32. The van der Waals surface area contributed by atoms with E-state index in [9.17, 15) is 4.79 Å². The van der Waals surface area contributed by atoms with Crippen molar-refractivity contribution in [1.82, 2.24) is 25.2 Å². The van der Waals surface area contributed by atoms with Crippen molar-refractivity contribution in [3.63, 3.8) is 0 Å². The SMILES string of the molecule is Cc1c(C(=O)N2CCNCC23CCC3)nnn1-c1ccc(-c2ccccc2)cc1. The number of nitrogens with zero attached hydrogens (tertiary/aromatic N) is 4. The van der Waals surface area contributed by atoms with Gasteiger partial charge in [0.1, 0.15) is 0 Å². The molecule has 2 aliphatic rings. The van der Waals surface area contributed by atoms with Gasteiger partial charge in [-0.15, -0.1) is 5.10 Å². The molecule has 1 aliphatic heterocycles. The van der Waals surface area contributed by atoms with Gasteiger partial charge < -0.3 is 10.2 Å². The summed E-state index contributed by atoms with van der Waals surface area (Å²) in [5.41, 5.74) is 4.46. The van der Waals surface area contributed by atoms with Crippen LogP contribution in [0.25, 0.3) is 16.8 Å². The Morgan fingerprint density at radius 3 is 2.45 bits per heavy atom. The maximum Gasteiger partial charge on any atom is 0.276 e. The fourth-order valence-corrected chi connectivity index (χ4v) is 4.52. The average Bonchev–Trinajstić information content (AvgIpc) is 3.14. The van der Waals surface area contributed by atoms with Crippen LogP contribution in [0.1, 0.15) is 35.4 Å². The molecule has 29 heavy (non-hydrogen) atoms. The smallest absolute Gasteiger partial charge is 0.276 e. The van der Waals surface area contributed by atoms with E-state index in [-0.39, 0.29) is 11.4 Å². The Kier molecular flexibility index (Phi) is 4.43. The molecular weight excluding hydrogens is 362 g/mol. The first kappa shape index (κ1) is 18.1. The Morgan fingerprint density at radius 1 is 1.03 bits per heavy atom. The topological polar surface area (TPSA) is 63.1 Å². The highest BCUT2D eigenvalue weighted by molar-refractivity contribution is 5.94. The molecule has 2 heterocycles. The van der Waals surface area contributed by atoms with Crippen molar-refractivity contribution in [2.24, 2.45) is 0 Å². The first-order chi connectivity index (χ1) is 14.2. The van der Waals surface area contributed by atoms with Crippen molar-refractivity contribution in [3.05, 3.63) is 66.0 Å². The van der Waals surface area contributed by atoms with Crippen molar-refractivity contribution >= 4 is 5.91 Å². The molecule has 1 saturated carbocycles. The predicted octanol–water partition coefficient (Wildman–Crippen LogP) is 3.21. The van der Waals surface area contributed by atoms with Crippen LogP contribution in [0, 0.1) is 6.92 Å². The average molecular weight is 387 g/mol. The second-order valence-corrected chi connectivity index (χ2v) is 8.06. The number of rotatable bonds is 3. The van der Waals surface area contributed by atoms with Crippen LogP contribution in [0.2, 0.25) is 0 Å². The van der Waals surface area contributed by atoms with Crippen LogP contribution in [0.4, 0.5) is 0 Å². The van der Waals surface area contributed by atoms with Crippen molar-refractivity contribution in [2.45, 2.75) is 31.7 Å². The summed E-state index contributed by atoms with van der Waals surface area (Å²) < 4.78 is 1.76. The molecule has 3 aromatic rings. The number of piperazine rings is 1. The summed E-state index contributed by atoms with van der Waals surface area (Å²) in [5.74, 6) is 0.0101. The van der Waals surface area contributed by atoms with E-state index in [2.05, 4.69) is 39.9 Å². The lowest BCUT2D eigenvalue weighted by Crippen LogP contribution is -2.66. The van der Waals surface area contributed by atoms with Gasteiger partial charge in [0.05, 0.1) is 16.9 Å². The molecule has 6 heteroatoms. The third-order valence-corrected chi connectivity index (χ3v) is 6.38. The first-order valence-corrected chi connectivity index (χ1v) is 10.3. The number of amides is 1. The number of benzene rings is 2. The fraction of sp³-hybridized carbons (Fsp3) is 0.348. The summed E-state index contributed by atoms with van der Waals surface area (Å²) in [4.78, 5) is 15.3. The van der Waals surface area contributed by atoms with E-state index in [0.29, 0.717) is 5.69 Å². The van der Waals surface area contributed by atoms with E-state index >= 15 is 0 Å². The molecule has 2 fully saturated rings. The van der Waals surface area contributed by atoms with Crippen molar-refractivity contribution in [1.29, 1.82) is 0 Å². The minimum absolute atomic E-state index is 0.0101. The first-order valence-electron chi connectivity index (χ1n) is 10.3. The van der Waals surface area contributed by atoms with Gasteiger partial charge in [0.2, 0.25) is 0 Å². The summed E-state index contributed by atoms with van der Waals surface area (Å²) in [7, 11) is 0.